The smallest absolute Gasteiger partial charge is 0.223 e. The molecular formula is C15H21FN2O. The number of halogens is 1. The molecule has 19 heavy (non-hydrogen) atoms. The average Bonchev–Trinajstić information content (AvgIpc) is 2.49. The second-order valence-electron chi connectivity index (χ2n) is 5.42. The Morgan fingerprint density at radius 1 is 1.37 bits per heavy atom. The van der Waals surface area contributed by atoms with Gasteiger partial charge in [0, 0.05) is 24.1 Å². The summed E-state index contributed by atoms with van der Waals surface area (Å²) in [5.74, 6) is -0.223. The molecule has 1 aliphatic rings. The summed E-state index contributed by atoms with van der Waals surface area (Å²) in [4.78, 5) is 14.0. The number of amides is 1. The van der Waals surface area contributed by atoms with Gasteiger partial charge < -0.3 is 10.6 Å². The van der Waals surface area contributed by atoms with E-state index in [-0.39, 0.29) is 29.8 Å². The first kappa shape index (κ1) is 14.0. The minimum Gasteiger partial charge on any atom is -0.332 e. The first-order chi connectivity index (χ1) is 9.02. The number of hydrogen-bond donors (Lipinski definition) is 1. The Hall–Kier alpha value is -1.42. The zero-order valence-corrected chi connectivity index (χ0v) is 11.5. The number of nitrogens with zero attached hydrogens (tertiary/aromatic N) is 1. The van der Waals surface area contributed by atoms with Gasteiger partial charge in [0.25, 0.3) is 0 Å². The minimum absolute atomic E-state index is 0.0151. The van der Waals surface area contributed by atoms with Crippen molar-refractivity contribution in [1.82, 2.24) is 4.90 Å². The summed E-state index contributed by atoms with van der Waals surface area (Å²) in [5.41, 5.74) is 6.74. The molecule has 0 saturated carbocycles. The molecule has 1 aromatic carbocycles. The second kappa shape index (κ2) is 5.70. The molecule has 0 radical (unpaired) electrons. The molecule has 2 atom stereocenters. The molecule has 4 heteroatoms. The molecule has 1 amide bonds. The van der Waals surface area contributed by atoms with Gasteiger partial charge >= 0.3 is 0 Å². The zero-order chi connectivity index (χ0) is 14.0. The van der Waals surface area contributed by atoms with Gasteiger partial charge in [0.05, 0.1) is 6.04 Å². The molecule has 0 bridgehead atoms. The van der Waals surface area contributed by atoms with Crippen LogP contribution in [0.25, 0.3) is 0 Å². The van der Waals surface area contributed by atoms with Crippen LogP contribution in [0, 0.1) is 5.82 Å². The van der Waals surface area contributed by atoms with Crippen molar-refractivity contribution < 1.29 is 9.18 Å². The Balaban J connectivity index is 2.47. The van der Waals surface area contributed by atoms with Crippen LogP contribution in [0.5, 0.6) is 0 Å². The highest BCUT2D eigenvalue weighted by atomic mass is 19.1. The Bertz CT molecular complexity index is 461. The molecular weight excluding hydrogens is 243 g/mol. The van der Waals surface area contributed by atoms with E-state index in [0.29, 0.717) is 12.0 Å². The molecule has 2 N–H and O–H groups in total. The third-order valence-electron chi connectivity index (χ3n) is 3.70. The van der Waals surface area contributed by atoms with Crippen LogP contribution in [-0.4, -0.2) is 22.9 Å². The molecule has 1 heterocycles. The van der Waals surface area contributed by atoms with Crippen molar-refractivity contribution in [2.75, 3.05) is 0 Å². The van der Waals surface area contributed by atoms with Crippen LogP contribution >= 0.6 is 0 Å². The van der Waals surface area contributed by atoms with E-state index < -0.39 is 0 Å². The number of rotatable bonds is 2. The molecule has 1 saturated heterocycles. The maximum absolute atomic E-state index is 14.1. The van der Waals surface area contributed by atoms with Gasteiger partial charge in [-0.2, -0.15) is 0 Å². The van der Waals surface area contributed by atoms with Gasteiger partial charge in [-0.25, -0.2) is 4.39 Å². The quantitative estimate of drug-likeness (QED) is 0.892. The highest BCUT2D eigenvalue weighted by Gasteiger charge is 2.35. The number of carbonyl (C=O) groups is 1. The number of hydrogen-bond acceptors (Lipinski definition) is 2. The van der Waals surface area contributed by atoms with Gasteiger partial charge in [-0.1, -0.05) is 18.2 Å². The highest BCUT2D eigenvalue weighted by molar-refractivity contribution is 5.77. The summed E-state index contributed by atoms with van der Waals surface area (Å²) in [6.07, 6.45) is 2.01. The van der Waals surface area contributed by atoms with Crippen LogP contribution in [0.2, 0.25) is 0 Å². The summed E-state index contributed by atoms with van der Waals surface area (Å²) < 4.78 is 14.1. The third kappa shape index (κ3) is 2.78. The van der Waals surface area contributed by atoms with E-state index in [1.54, 1.807) is 23.1 Å². The SMILES string of the molecule is CC(C)N1C(=O)CCCC(N)C1c1ccccc1F. The van der Waals surface area contributed by atoms with Crippen LogP contribution < -0.4 is 5.73 Å². The van der Waals surface area contributed by atoms with Crippen molar-refractivity contribution in [3.8, 4) is 0 Å². The number of benzene rings is 1. The third-order valence-corrected chi connectivity index (χ3v) is 3.70. The molecule has 2 rings (SSSR count). The molecule has 0 spiro atoms. The van der Waals surface area contributed by atoms with Gasteiger partial charge in [-0.3, -0.25) is 4.79 Å². The number of likely N-dealkylation sites (tertiary alicyclic amines) is 1. The van der Waals surface area contributed by atoms with E-state index in [4.69, 9.17) is 5.73 Å². The predicted molar refractivity (Wildman–Crippen MR) is 72.9 cm³/mol. The maximum atomic E-state index is 14.1. The monoisotopic (exact) mass is 264 g/mol. The van der Waals surface area contributed by atoms with Gasteiger partial charge in [0.15, 0.2) is 0 Å². The van der Waals surface area contributed by atoms with E-state index >= 15 is 0 Å². The Labute approximate surface area is 113 Å². The number of nitrogens with two attached hydrogens (primary N) is 1. The average molecular weight is 264 g/mol. The van der Waals surface area contributed by atoms with E-state index in [9.17, 15) is 9.18 Å². The lowest BCUT2D eigenvalue weighted by Crippen LogP contribution is -2.46. The highest BCUT2D eigenvalue weighted by Crippen LogP contribution is 2.32. The fourth-order valence-corrected chi connectivity index (χ4v) is 2.84. The van der Waals surface area contributed by atoms with Crippen LogP contribution in [0.4, 0.5) is 4.39 Å². The van der Waals surface area contributed by atoms with Gasteiger partial charge in [0.1, 0.15) is 5.82 Å². The normalized spacial score (nSPS) is 24.7. The molecule has 1 aliphatic heterocycles. The molecule has 1 fully saturated rings. The summed E-state index contributed by atoms with van der Waals surface area (Å²) >= 11 is 0. The largest absolute Gasteiger partial charge is 0.332 e. The molecule has 104 valence electrons. The lowest BCUT2D eigenvalue weighted by molar-refractivity contribution is -0.135. The lowest BCUT2D eigenvalue weighted by atomic mass is 9.95. The van der Waals surface area contributed by atoms with Crippen LogP contribution in [0.15, 0.2) is 24.3 Å². The Kier molecular flexibility index (Phi) is 4.20. The van der Waals surface area contributed by atoms with Crippen LogP contribution in [0.1, 0.15) is 44.7 Å². The molecule has 2 unspecified atom stereocenters. The van der Waals surface area contributed by atoms with Crippen LogP contribution in [0.3, 0.4) is 0 Å². The fraction of sp³-hybridized carbons (Fsp3) is 0.533. The van der Waals surface area contributed by atoms with Crippen molar-refractivity contribution in [3.63, 3.8) is 0 Å². The summed E-state index contributed by atoms with van der Waals surface area (Å²) in [5, 5.41) is 0. The van der Waals surface area contributed by atoms with E-state index in [1.165, 1.54) is 6.07 Å². The number of carbonyl (C=O) groups excluding carboxylic acids is 1. The topological polar surface area (TPSA) is 46.3 Å². The Morgan fingerprint density at radius 2 is 2.05 bits per heavy atom. The maximum Gasteiger partial charge on any atom is 0.223 e. The van der Waals surface area contributed by atoms with Crippen LogP contribution in [-0.2, 0) is 4.79 Å². The first-order valence-corrected chi connectivity index (χ1v) is 6.83. The van der Waals surface area contributed by atoms with E-state index in [2.05, 4.69) is 0 Å². The lowest BCUT2D eigenvalue weighted by Gasteiger charge is -2.37. The minimum atomic E-state index is -0.365. The van der Waals surface area contributed by atoms with Gasteiger partial charge in [-0.05, 0) is 32.8 Å². The molecule has 0 aromatic heterocycles. The molecule has 0 aliphatic carbocycles. The van der Waals surface area contributed by atoms with Gasteiger partial charge in [0.2, 0.25) is 5.91 Å². The second-order valence-corrected chi connectivity index (χ2v) is 5.42. The Morgan fingerprint density at radius 3 is 2.68 bits per heavy atom. The van der Waals surface area contributed by atoms with Crippen molar-refractivity contribution >= 4 is 5.91 Å². The summed E-state index contributed by atoms with van der Waals surface area (Å²) in [6.45, 7) is 3.90. The molecule has 1 aromatic rings. The summed E-state index contributed by atoms with van der Waals surface area (Å²) in [6, 6.07) is 6.04. The molecule has 3 nitrogen and oxygen atoms in total. The zero-order valence-electron chi connectivity index (χ0n) is 11.5. The fourth-order valence-electron chi connectivity index (χ4n) is 2.84. The predicted octanol–water partition coefficient (Wildman–Crippen LogP) is 2.62. The summed E-state index contributed by atoms with van der Waals surface area (Å²) in [7, 11) is 0. The first-order valence-electron chi connectivity index (χ1n) is 6.83. The van der Waals surface area contributed by atoms with Gasteiger partial charge in [-0.15, -0.1) is 0 Å². The van der Waals surface area contributed by atoms with Crippen molar-refractivity contribution in [3.05, 3.63) is 35.6 Å². The van der Waals surface area contributed by atoms with E-state index in [0.717, 1.165) is 12.8 Å². The van der Waals surface area contributed by atoms with Crippen molar-refractivity contribution in [2.45, 2.75) is 51.2 Å². The van der Waals surface area contributed by atoms with Crippen molar-refractivity contribution in [2.24, 2.45) is 5.73 Å². The van der Waals surface area contributed by atoms with E-state index in [1.807, 2.05) is 13.8 Å². The van der Waals surface area contributed by atoms with Crippen molar-refractivity contribution in [1.29, 1.82) is 0 Å². The standard InChI is InChI=1S/C15H21FN2O/c1-10(2)18-14(19)9-5-8-13(17)15(18)11-6-3-4-7-12(11)16/h3-4,6-7,10,13,15H,5,8-9,17H2,1-2H3.